The topological polar surface area (TPSA) is 70.7 Å². The van der Waals surface area contributed by atoms with Gasteiger partial charge in [0, 0.05) is 44.0 Å². The molecule has 2 heterocycles. The fourth-order valence-electron chi connectivity index (χ4n) is 4.21. The first kappa shape index (κ1) is 17.3. The lowest BCUT2D eigenvalue weighted by Crippen LogP contribution is -2.41. The Kier molecular flexibility index (Phi) is 4.56. The Hall–Kier alpha value is -2.15. The zero-order valence-corrected chi connectivity index (χ0v) is 14.7. The predicted octanol–water partition coefficient (Wildman–Crippen LogP) is 2.36. The van der Waals surface area contributed by atoms with Crippen LogP contribution >= 0.6 is 0 Å². The van der Waals surface area contributed by atoms with Crippen LogP contribution < -0.4 is 10.6 Å². The van der Waals surface area contributed by atoms with Crippen LogP contribution in [0.25, 0.3) is 0 Å². The highest BCUT2D eigenvalue weighted by molar-refractivity contribution is 5.89. The molecule has 3 fully saturated rings. The Bertz CT molecular complexity index is 688. The van der Waals surface area contributed by atoms with E-state index in [1.54, 1.807) is 0 Å². The predicted molar refractivity (Wildman–Crippen MR) is 94.1 cm³/mol. The summed E-state index contributed by atoms with van der Waals surface area (Å²) in [5.41, 5.74) is 0.718. The molecule has 0 bridgehead atoms. The third-order valence-corrected chi connectivity index (χ3v) is 5.91. The van der Waals surface area contributed by atoms with Crippen LogP contribution in [0.1, 0.15) is 25.7 Å². The number of halogens is 1. The number of urea groups is 1. The van der Waals surface area contributed by atoms with E-state index in [1.165, 1.54) is 24.3 Å². The van der Waals surface area contributed by atoms with Gasteiger partial charge in [-0.15, -0.1) is 0 Å². The summed E-state index contributed by atoms with van der Waals surface area (Å²) in [5, 5.41) is 5.59. The maximum Gasteiger partial charge on any atom is 0.319 e. The molecule has 1 aliphatic carbocycles. The third kappa shape index (κ3) is 3.53. The van der Waals surface area contributed by atoms with Gasteiger partial charge in [0.15, 0.2) is 0 Å². The number of nitrogens with one attached hydrogen (secondary N) is 2. The van der Waals surface area contributed by atoms with Gasteiger partial charge in [-0.25, -0.2) is 9.18 Å². The minimum atomic E-state index is -0.344. The lowest BCUT2D eigenvalue weighted by atomic mass is 9.93. The number of nitrogens with zero attached hydrogens (tertiary/aromatic N) is 1. The monoisotopic (exact) mass is 361 g/mol. The van der Waals surface area contributed by atoms with Crippen molar-refractivity contribution in [1.29, 1.82) is 0 Å². The number of rotatable bonds is 3. The van der Waals surface area contributed by atoms with Crippen LogP contribution in [0.5, 0.6) is 0 Å². The summed E-state index contributed by atoms with van der Waals surface area (Å²) < 4.78 is 18.3. The molecule has 2 atom stereocenters. The summed E-state index contributed by atoms with van der Waals surface area (Å²) in [7, 11) is 0. The van der Waals surface area contributed by atoms with Crippen LogP contribution in [0.15, 0.2) is 24.3 Å². The lowest BCUT2D eigenvalue weighted by Gasteiger charge is -2.24. The van der Waals surface area contributed by atoms with Gasteiger partial charge in [0.1, 0.15) is 5.82 Å². The van der Waals surface area contributed by atoms with Gasteiger partial charge in [0.05, 0.1) is 0 Å². The van der Waals surface area contributed by atoms with Crippen LogP contribution in [0.4, 0.5) is 14.9 Å². The largest absolute Gasteiger partial charge is 0.381 e. The molecular formula is C19H24FN3O3. The Morgan fingerprint density at radius 1 is 1.19 bits per heavy atom. The summed E-state index contributed by atoms with van der Waals surface area (Å²) in [4.78, 5) is 26.7. The molecule has 0 aromatic heterocycles. The van der Waals surface area contributed by atoms with E-state index in [9.17, 15) is 14.0 Å². The van der Waals surface area contributed by atoms with Crippen molar-refractivity contribution >= 4 is 17.6 Å². The highest BCUT2D eigenvalue weighted by atomic mass is 19.1. The zero-order chi connectivity index (χ0) is 18.1. The Labute approximate surface area is 152 Å². The number of likely N-dealkylation sites (tertiary alicyclic amines) is 1. The van der Waals surface area contributed by atoms with E-state index in [0.717, 1.165) is 38.9 Å². The molecule has 26 heavy (non-hydrogen) atoms. The molecule has 2 N–H and O–H groups in total. The van der Waals surface area contributed by atoms with E-state index in [1.807, 2.05) is 4.90 Å². The van der Waals surface area contributed by atoms with E-state index >= 15 is 0 Å². The molecule has 2 saturated heterocycles. The van der Waals surface area contributed by atoms with Crippen molar-refractivity contribution in [3.63, 3.8) is 0 Å². The molecule has 4 rings (SSSR count). The second-order valence-electron chi connectivity index (χ2n) is 7.61. The molecule has 1 spiro atoms. The standard InChI is InChI=1S/C19H24FN3O3/c20-13-1-3-14(4-2-13)21-18(25)22-15-5-8-23(12-15)17(24)16-11-19(16)6-9-26-10-7-19/h1-4,15-16H,5-12H2,(H2,21,22,25)/t15-,16+/m1/s1. The fraction of sp³-hybridized carbons (Fsp3) is 0.579. The first-order valence-corrected chi connectivity index (χ1v) is 9.25. The maximum atomic E-state index is 12.9. The SMILES string of the molecule is O=C(Nc1ccc(F)cc1)N[C@@H]1CCN(C(=O)[C@@H]2CC23CCOCC3)C1. The number of hydrogen-bond acceptors (Lipinski definition) is 3. The highest BCUT2D eigenvalue weighted by Crippen LogP contribution is 2.59. The van der Waals surface area contributed by atoms with Gasteiger partial charge in [-0.05, 0) is 55.4 Å². The Morgan fingerprint density at radius 2 is 1.92 bits per heavy atom. The first-order chi connectivity index (χ1) is 12.6. The van der Waals surface area contributed by atoms with Crippen molar-refractivity contribution < 1.29 is 18.7 Å². The van der Waals surface area contributed by atoms with E-state index in [2.05, 4.69) is 10.6 Å². The summed E-state index contributed by atoms with van der Waals surface area (Å²) in [5.74, 6) is 0.0246. The number of anilines is 1. The van der Waals surface area contributed by atoms with Crippen molar-refractivity contribution in [1.82, 2.24) is 10.2 Å². The molecular weight excluding hydrogens is 337 g/mol. The average Bonchev–Trinajstić information content (AvgIpc) is 3.11. The number of amides is 3. The number of carbonyl (C=O) groups excluding carboxylic acids is 2. The van der Waals surface area contributed by atoms with Gasteiger partial charge in [0.25, 0.3) is 0 Å². The second-order valence-corrected chi connectivity index (χ2v) is 7.61. The van der Waals surface area contributed by atoms with E-state index in [4.69, 9.17) is 4.74 Å². The van der Waals surface area contributed by atoms with Gasteiger partial charge in [-0.2, -0.15) is 0 Å². The van der Waals surface area contributed by atoms with Gasteiger partial charge in [0.2, 0.25) is 5.91 Å². The van der Waals surface area contributed by atoms with Gasteiger partial charge in [-0.3, -0.25) is 4.79 Å². The smallest absolute Gasteiger partial charge is 0.319 e. The summed E-state index contributed by atoms with van der Waals surface area (Å²) in [6.07, 6.45) is 3.71. The van der Waals surface area contributed by atoms with E-state index in [0.29, 0.717) is 18.8 Å². The quantitative estimate of drug-likeness (QED) is 0.868. The average molecular weight is 361 g/mol. The number of ether oxygens (including phenoxy) is 1. The lowest BCUT2D eigenvalue weighted by molar-refractivity contribution is -0.133. The van der Waals surface area contributed by atoms with Crippen LogP contribution in [0.3, 0.4) is 0 Å². The molecule has 2 aliphatic heterocycles. The summed E-state index contributed by atoms with van der Waals surface area (Å²) in [6, 6.07) is 5.24. The molecule has 1 aromatic carbocycles. The zero-order valence-electron chi connectivity index (χ0n) is 14.7. The van der Waals surface area contributed by atoms with Crippen LogP contribution in [-0.4, -0.2) is 49.2 Å². The maximum absolute atomic E-state index is 12.9. The molecule has 7 heteroatoms. The van der Waals surface area contributed by atoms with Crippen molar-refractivity contribution in [3.8, 4) is 0 Å². The summed E-state index contributed by atoms with van der Waals surface area (Å²) in [6.45, 7) is 2.76. The number of hydrogen-bond donors (Lipinski definition) is 2. The molecule has 3 amide bonds. The molecule has 0 radical (unpaired) electrons. The summed E-state index contributed by atoms with van der Waals surface area (Å²) >= 11 is 0. The van der Waals surface area contributed by atoms with Crippen molar-refractivity contribution in [2.24, 2.45) is 11.3 Å². The number of carbonyl (C=O) groups is 2. The molecule has 1 aromatic rings. The highest BCUT2D eigenvalue weighted by Gasteiger charge is 2.59. The van der Waals surface area contributed by atoms with Crippen molar-refractivity contribution in [2.75, 3.05) is 31.6 Å². The van der Waals surface area contributed by atoms with Crippen LogP contribution in [0.2, 0.25) is 0 Å². The van der Waals surface area contributed by atoms with Gasteiger partial charge >= 0.3 is 6.03 Å². The second kappa shape index (κ2) is 6.87. The van der Waals surface area contributed by atoms with Gasteiger partial charge < -0.3 is 20.3 Å². The number of benzene rings is 1. The minimum Gasteiger partial charge on any atom is -0.381 e. The van der Waals surface area contributed by atoms with E-state index in [-0.39, 0.29) is 35.1 Å². The molecule has 1 saturated carbocycles. The fourth-order valence-corrected chi connectivity index (χ4v) is 4.21. The molecule has 140 valence electrons. The Balaban J connectivity index is 1.25. The first-order valence-electron chi connectivity index (χ1n) is 9.25. The van der Waals surface area contributed by atoms with Gasteiger partial charge in [-0.1, -0.05) is 0 Å². The van der Waals surface area contributed by atoms with Crippen LogP contribution in [0, 0.1) is 17.2 Å². The minimum absolute atomic E-state index is 0.0520. The Morgan fingerprint density at radius 3 is 2.65 bits per heavy atom. The van der Waals surface area contributed by atoms with Crippen molar-refractivity contribution in [2.45, 2.75) is 31.7 Å². The molecule has 3 aliphatic rings. The van der Waals surface area contributed by atoms with E-state index < -0.39 is 0 Å². The molecule has 0 unspecified atom stereocenters. The van der Waals surface area contributed by atoms with Crippen LogP contribution in [-0.2, 0) is 9.53 Å². The third-order valence-electron chi connectivity index (χ3n) is 5.91. The normalized spacial score (nSPS) is 26.6. The molecule has 6 nitrogen and oxygen atoms in total. The van der Waals surface area contributed by atoms with Crippen molar-refractivity contribution in [3.05, 3.63) is 30.1 Å².